The molecule has 0 N–H and O–H groups in total. The Morgan fingerprint density at radius 3 is 2.95 bits per heavy atom. The Kier molecular flexibility index (Phi) is 3.33. The normalized spacial score (nSPS) is 17.4. The summed E-state index contributed by atoms with van der Waals surface area (Å²) in [4.78, 5) is 23.6. The van der Waals surface area contributed by atoms with Crippen LogP contribution in [0.3, 0.4) is 0 Å². The van der Waals surface area contributed by atoms with E-state index in [4.69, 9.17) is 10.00 Å². The first-order chi connectivity index (χ1) is 9.04. The lowest BCUT2D eigenvalue weighted by atomic mass is 10.1. The van der Waals surface area contributed by atoms with E-state index in [9.17, 15) is 14.9 Å². The number of fused-ring (bicyclic) bond motifs is 1. The Bertz CT molecular complexity index is 579. The van der Waals surface area contributed by atoms with Gasteiger partial charge in [-0.05, 0) is 13.0 Å². The highest BCUT2D eigenvalue weighted by Gasteiger charge is 2.32. The minimum Gasteiger partial charge on any atom is -0.479 e. The maximum atomic E-state index is 12.0. The summed E-state index contributed by atoms with van der Waals surface area (Å²) >= 11 is 0. The summed E-state index contributed by atoms with van der Waals surface area (Å²) < 4.78 is 5.39. The number of carbonyl (C=O) groups is 1. The van der Waals surface area contributed by atoms with Crippen molar-refractivity contribution < 1.29 is 14.5 Å². The van der Waals surface area contributed by atoms with Crippen molar-refractivity contribution in [3.63, 3.8) is 0 Å². The molecule has 1 amide bonds. The Morgan fingerprint density at radius 1 is 1.58 bits per heavy atom. The summed E-state index contributed by atoms with van der Waals surface area (Å²) in [5, 5.41) is 19.4. The maximum Gasteiger partial charge on any atom is 0.271 e. The van der Waals surface area contributed by atoms with E-state index in [0.717, 1.165) is 0 Å². The number of carbonyl (C=O) groups excluding carboxylic acids is 1. The Hall–Kier alpha value is -2.62. The lowest BCUT2D eigenvalue weighted by molar-refractivity contribution is -0.384. The van der Waals surface area contributed by atoms with Crippen molar-refractivity contribution in [3.05, 3.63) is 28.3 Å². The zero-order valence-corrected chi connectivity index (χ0v) is 10.2. The van der Waals surface area contributed by atoms with E-state index in [1.54, 1.807) is 6.92 Å². The molecule has 0 fully saturated rings. The molecule has 1 atom stereocenters. The highest BCUT2D eigenvalue weighted by molar-refractivity contribution is 6.00. The predicted octanol–water partition coefficient (Wildman–Crippen LogP) is 1.62. The number of non-ortho nitro benzene ring substituents is 1. The van der Waals surface area contributed by atoms with E-state index in [1.165, 1.54) is 23.1 Å². The SMILES string of the molecule is CC1Oc2ccc([N+](=O)[O-])cc2N(CCC#N)C1=O. The molecule has 19 heavy (non-hydrogen) atoms. The predicted molar refractivity (Wildman–Crippen MR) is 65.8 cm³/mol. The van der Waals surface area contributed by atoms with Crippen LogP contribution in [0, 0.1) is 21.4 Å². The van der Waals surface area contributed by atoms with Gasteiger partial charge in [0.05, 0.1) is 23.1 Å². The molecule has 7 nitrogen and oxygen atoms in total. The summed E-state index contributed by atoms with van der Waals surface area (Å²) in [6.45, 7) is 1.79. The molecule has 1 aromatic carbocycles. The third kappa shape index (κ3) is 2.33. The van der Waals surface area contributed by atoms with E-state index in [2.05, 4.69) is 0 Å². The van der Waals surface area contributed by atoms with Crippen LogP contribution in [0.5, 0.6) is 5.75 Å². The number of amides is 1. The number of rotatable bonds is 3. The lowest BCUT2D eigenvalue weighted by Gasteiger charge is -2.32. The Labute approximate surface area is 109 Å². The van der Waals surface area contributed by atoms with Gasteiger partial charge in [0.2, 0.25) is 0 Å². The molecule has 1 aliphatic heterocycles. The molecule has 0 saturated carbocycles. The summed E-state index contributed by atoms with van der Waals surface area (Å²) in [5.74, 6) is 0.110. The van der Waals surface area contributed by atoms with E-state index >= 15 is 0 Å². The van der Waals surface area contributed by atoms with Gasteiger partial charge in [-0.15, -0.1) is 0 Å². The minimum atomic E-state index is -0.660. The van der Waals surface area contributed by atoms with Gasteiger partial charge in [0.1, 0.15) is 5.75 Å². The summed E-state index contributed by atoms with van der Waals surface area (Å²) in [6, 6.07) is 6.03. The van der Waals surface area contributed by atoms with Crippen molar-refractivity contribution in [2.45, 2.75) is 19.4 Å². The molecule has 1 unspecified atom stereocenters. The number of hydrogen-bond donors (Lipinski definition) is 0. The second kappa shape index (κ2) is 4.94. The minimum absolute atomic E-state index is 0.119. The summed E-state index contributed by atoms with van der Waals surface area (Å²) in [6.07, 6.45) is -0.506. The molecule has 0 bridgehead atoms. The van der Waals surface area contributed by atoms with Crippen LogP contribution in [0.15, 0.2) is 18.2 Å². The number of benzene rings is 1. The molecule has 7 heteroatoms. The highest BCUT2D eigenvalue weighted by Crippen LogP contribution is 2.36. The fraction of sp³-hybridized carbons (Fsp3) is 0.333. The van der Waals surface area contributed by atoms with Crippen LogP contribution in [0.4, 0.5) is 11.4 Å². The molecule has 1 heterocycles. The topological polar surface area (TPSA) is 96.5 Å². The molecule has 2 rings (SSSR count). The van der Waals surface area contributed by atoms with E-state index in [-0.39, 0.29) is 24.6 Å². The van der Waals surface area contributed by atoms with Gasteiger partial charge in [0, 0.05) is 18.7 Å². The van der Waals surface area contributed by atoms with Crippen LogP contribution >= 0.6 is 0 Å². The van der Waals surface area contributed by atoms with Crippen LogP contribution < -0.4 is 9.64 Å². The van der Waals surface area contributed by atoms with Crippen LogP contribution in [0.25, 0.3) is 0 Å². The average molecular weight is 261 g/mol. The standard InChI is InChI=1S/C12H11N3O4/c1-8-12(16)14(6-2-5-13)10-7-9(15(17)18)3-4-11(10)19-8/h3-4,7-8H,2,6H2,1H3. The van der Waals surface area contributed by atoms with Crippen LogP contribution in [-0.4, -0.2) is 23.5 Å². The number of anilines is 1. The van der Waals surface area contributed by atoms with Gasteiger partial charge >= 0.3 is 0 Å². The summed E-state index contributed by atoms with van der Waals surface area (Å²) in [5.41, 5.74) is 0.221. The zero-order chi connectivity index (χ0) is 14.0. The number of nitrogens with zero attached hydrogens (tertiary/aromatic N) is 3. The molecule has 1 aliphatic rings. The van der Waals surface area contributed by atoms with E-state index in [1.807, 2.05) is 6.07 Å². The number of nitro groups is 1. The first-order valence-corrected chi connectivity index (χ1v) is 5.68. The Morgan fingerprint density at radius 2 is 2.32 bits per heavy atom. The van der Waals surface area contributed by atoms with Crippen LogP contribution in [0.2, 0.25) is 0 Å². The van der Waals surface area contributed by atoms with Crippen LogP contribution in [-0.2, 0) is 4.79 Å². The first-order valence-electron chi connectivity index (χ1n) is 5.68. The second-order valence-corrected chi connectivity index (χ2v) is 4.07. The molecule has 98 valence electrons. The number of ether oxygens (including phenoxy) is 1. The average Bonchev–Trinajstić information content (AvgIpc) is 2.39. The Balaban J connectivity index is 2.45. The largest absolute Gasteiger partial charge is 0.479 e. The van der Waals surface area contributed by atoms with E-state index < -0.39 is 11.0 Å². The smallest absolute Gasteiger partial charge is 0.271 e. The van der Waals surface area contributed by atoms with Crippen molar-refractivity contribution in [1.82, 2.24) is 0 Å². The van der Waals surface area contributed by atoms with Gasteiger partial charge in [0.15, 0.2) is 6.10 Å². The highest BCUT2D eigenvalue weighted by atomic mass is 16.6. The summed E-state index contributed by atoms with van der Waals surface area (Å²) in [7, 11) is 0. The van der Waals surface area contributed by atoms with Gasteiger partial charge in [0.25, 0.3) is 11.6 Å². The molecule has 1 aromatic rings. The molecule has 0 aromatic heterocycles. The number of nitriles is 1. The van der Waals surface area contributed by atoms with Crippen molar-refractivity contribution in [1.29, 1.82) is 5.26 Å². The molecule has 0 radical (unpaired) electrons. The van der Waals surface area contributed by atoms with Gasteiger partial charge in [-0.1, -0.05) is 0 Å². The van der Waals surface area contributed by atoms with Crippen molar-refractivity contribution in [2.24, 2.45) is 0 Å². The molecule has 0 aliphatic carbocycles. The van der Waals surface area contributed by atoms with Crippen molar-refractivity contribution >= 4 is 17.3 Å². The molecule has 0 saturated heterocycles. The van der Waals surface area contributed by atoms with Crippen molar-refractivity contribution in [2.75, 3.05) is 11.4 Å². The lowest BCUT2D eigenvalue weighted by Crippen LogP contribution is -2.44. The third-order valence-electron chi connectivity index (χ3n) is 2.81. The van der Waals surface area contributed by atoms with Gasteiger partial charge in [-0.3, -0.25) is 14.9 Å². The van der Waals surface area contributed by atoms with Gasteiger partial charge in [-0.25, -0.2) is 0 Å². The van der Waals surface area contributed by atoms with Crippen LogP contribution in [0.1, 0.15) is 13.3 Å². The quantitative estimate of drug-likeness (QED) is 0.608. The molecular formula is C12H11N3O4. The third-order valence-corrected chi connectivity index (χ3v) is 2.81. The fourth-order valence-corrected chi connectivity index (χ4v) is 1.90. The maximum absolute atomic E-state index is 12.0. The van der Waals surface area contributed by atoms with E-state index in [0.29, 0.717) is 11.4 Å². The fourth-order valence-electron chi connectivity index (χ4n) is 1.90. The van der Waals surface area contributed by atoms with Gasteiger partial charge < -0.3 is 9.64 Å². The molecular weight excluding hydrogens is 250 g/mol. The second-order valence-electron chi connectivity index (χ2n) is 4.07. The number of hydrogen-bond acceptors (Lipinski definition) is 5. The monoisotopic (exact) mass is 261 g/mol. The van der Waals surface area contributed by atoms with Crippen molar-refractivity contribution in [3.8, 4) is 11.8 Å². The molecule has 0 spiro atoms. The number of nitro benzene ring substituents is 1. The first kappa shape index (κ1) is 12.8. The van der Waals surface area contributed by atoms with Gasteiger partial charge in [-0.2, -0.15) is 5.26 Å². The zero-order valence-electron chi connectivity index (χ0n) is 10.2.